The van der Waals surface area contributed by atoms with Crippen LogP contribution in [-0.2, 0) is 16.0 Å². The van der Waals surface area contributed by atoms with E-state index < -0.39 is 11.9 Å². The maximum absolute atomic E-state index is 12.6. The van der Waals surface area contributed by atoms with Gasteiger partial charge in [0, 0.05) is 11.1 Å². The molecule has 1 unspecified atom stereocenters. The summed E-state index contributed by atoms with van der Waals surface area (Å²) in [6.45, 7) is 3.88. The molecule has 0 saturated heterocycles. The molecule has 26 heavy (non-hydrogen) atoms. The summed E-state index contributed by atoms with van der Waals surface area (Å²) in [4.78, 5) is 29.0. The van der Waals surface area contributed by atoms with Crippen LogP contribution in [0, 0.1) is 13.8 Å². The first-order chi connectivity index (χ1) is 12.5. The van der Waals surface area contributed by atoms with Crippen molar-refractivity contribution < 1.29 is 9.59 Å². The van der Waals surface area contributed by atoms with Crippen molar-refractivity contribution in [3.63, 3.8) is 0 Å². The first-order valence-electron chi connectivity index (χ1n) is 8.46. The number of carbonyl (C=O) groups excluding carboxylic acids is 2. The fourth-order valence-electron chi connectivity index (χ4n) is 3.17. The van der Waals surface area contributed by atoms with E-state index in [-0.39, 0.29) is 12.3 Å². The molecule has 5 heteroatoms. The maximum atomic E-state index is 12.6. The minimum atomic E-state index is -0.849. The van der Waals surface area contributed by atoms with Crippen molar-refractivity contribution in [1.82, 2.24) is 10.3 Å². The zero-order chi connectivity index (χ0) is 18.7. The van der Waals surface area contributed by atoms with Crippen molar-refractivity contribution in [1.29, 1.82) is 0 Å². The Bertz CT molecular complexity index is 968. The van der Waals surface area contributed by atoms with Crippen LogP contribution in [0.3, 0.4) is 0 Å². The zero-order valence-corrected chi connectivity index (χ0v) is 14.8. The van der Waals surface area contributed by atoms with Crippen molar-refractivity contribution >= 4 is 22.7 Å². The lowest BCUT2D eigenvalue weighted by Gasteiger charge is -2.17. The minimum absolute atomic E-state index is 0.145. The lowest BCUT2D eigenvalue weighted by atomic mass is 9.99. The quantitative estimate of drug-likeness (QED) is 0.744. The van der Waals surface area contributed by atoms with Gasteiger partial charge >= 0.3 is 0 Å². The molecule has 0 radical (unpaired) electrons. The molecule has 0 saturated carbocycles. The summed E-state index contributed by atoms with van der Waals surface area (Å²) < 4.78 is 0. The third kappa shape index (κ3) is 3.57. The molecular weight excluding hydrogens is 326 g/mol. The Morgan fingerprint density at radius 3 is 2.38 bits per heavy atom. The van der Waals surface area contributed by atoms with Gasteiger partial charge in [-0.05, 0) is 36.6 Å². The predicted octanol–water partition coefficient (Wildman–Crippen LogP) is 2.74. The predicted molar refractivity (Wildman–Crippen MR) is 101 cm³/mol. The smallest absolute Gasteiger partial charge is 0.244 e. The normalized spacial score (nSPS) is 11.9. The van der Waals surface area contributed by atoms with Gasteiger partial charge < -0.3 is 11.1 Å². The zero-order valence-electron chi connectivity index (χ0n) is 14.8. The molecule has 0 fully saturated rings. The number of nitrogens with one attached hydrogen (secondary N) is 1. The number of hydrogen-bond acceptors (Lipinski definition) is 3. The molecule has 2 amide bonds. The van der Waals surface area contributed by atoms with Gasteiger partial charge in [-0.2, -0.15) is 0 Å². The van der Waals surface area contributed by atoms with Crippen LogP contribution < -0.4 is 11.1 Å². The van der Waals surface area contributed by atoms with E-state index in [0.717, 1.165) is 27.7 Å². The summed E-state index contributed by atoms with van der Waals surface area (Å²) in [5, 5.41) is 3.77. The van der Waals surface area contributed by atoms with Gasteiger partial charge in [0.2, 0.25) is 11.8 Å². The van der Waals surface area contributed by atoms with E-state index in [2.05, 4.69) is 10.3 Å². The molecule has 0 spiro atoms. The van der Waals surface area contributed by atoms with Gasteiger partial charge in [0.1, 0.15) is 6.04 Å². The SMILES string of the molecule is Cc1nc2ccccc2c(C)c1CC(=O)NC(C(N)=O)c1ccccc1. The average Bonchev–Trinajstić information content (AvgIpc) is 2.63. The van der Waals surface area contributed by atoms with Crippen LogP contribution >= 0.6 is 0 Å². The second-order valence-corrected chi connectivity index (χ2v) is 6.31. The van der Waals surface area contributed by atoms with Gasteiger partial charge in [-0.3, -0.25) is 14.6 Å². The van der Waals surface area contributed by atoms with Gasteiger partial charge in [0.25, 0.3) is 0 Å². The van der Waals surface area contributed by atoms with Crippen molar-refractivity contribution in [2.45, 2.75) is 26.3 Å². The van der Waals surface area contributed by atoms with Crippen LogP contribution in [0.2, 0.25) is 0 Å². The number of primary amides is 1. The molecule has 0 aliphatic carbocycles. The molecule has 3 N–H and O–H groups in total. The lowest BCUT2D eigenvalue weighted by molar-refractivity contribution is -0.127. The number of nitrogens with zero attached hydrogens (tertiary/aromatic N) is 1. The number of amides is 2. The van der Waals surface area contributed by atoms with Gasteiger partial charge in [-0.1, -0.05) is 48.5 Å². The van der Waals surface area contributed by atoms with Crippen molar-refractivity contribution in [2.75, 3.05) is 0 Å². The van der Waals surface area contributed by atoms with E-state index in [9.17, 15) is 9.59 Å². The number of fused-ring (bicyclic) bond motifs is 1. The molecule has 5 nitrogen and oxygen atoms in total. The van der Waals surface area contributed by atoms with Gasteiger partial charge in [0.15, 0.2) is 0 Å². The largest absolute Gasteiger partial charge is 0.368 e. The molecule has 1 aromatic heterocycles. The van der Waals surface area contributed by atoms with E-state index >= 15 is 0 Å². The number of pyridine rings is 1. The number of rotatable bonds is 5. The van der Waals surface area contributed by atoms with Crippen molar-refractivity contribution in [3.05, 3.63) is 77.0 Å². The van der Waals surface area contributed by atoms with Gasteiger partial charge in [-0.25, -0.2) is 0 Å². The van der Waals surface area contributed by atoms with E-state index in [1.54, 1.807) is 24.3 Å². The highest BCUT2D eigenvalue weighted by Crippen LogP contribution is 2.23. The van der Waals surface area contributed by atoms with Crippen LogP contribution in [0.5, 0.6) is 0 Å². The minimum Gasteiger partial charge on any atom is -0.368 e. The molecule has 1 atom stereocenters. The van der Waals surface area contributed by atoms with Crippen molar-refractivity contribution in [2.24, 2.45) is 5.73 Å². The van der Waals surface area contributed by atoms with Crippen LogP contribution in [0.4, 0.5) is 0 Å². The second-order valence-electron chi connectivity index (χ2n) is 6.31. The Labute approximate surface area is 152 Å². The highest BCUT2D eigenvalue weighted by molar-refractivity contribution is 5.90. The van der Waals surface area contributed by atoms with Crippen LogP contribution in [0.25, 0.3) is 10.9 Å². The summed E-state index contributed by atoms with van der Waals surface area (Å²) in [5.74, 6) is -0.851. The number of hydrogen-bond donors (Lipinski definition) is 2. The van der Waals surface area contributed by atoms with E-state index in [0.29, 0.717) is 5.56 Å². The molecule has 3 aromatic rings. The Hall–Kier alpha value is -3.21. The fourth-order valence-corrected chi connectivity index (χ4v) is 3.17. The third-order valence-electron chi connectivity index (χ3n) is 4.55. The Kier molecular flexibility index (Phi) is 4.98. The Balaban J connectivity index is 1.86. The van der Waals surface area contributed by atoms with Gasteiger partial charge in [-0.15, -0.1) is 0 Å². The van der Waals surface area contributed by atoms with E-state index in [1.165, 1.54) is 0 Å². The molecule has 2 aromatic carbocycles. The van der Waals surface area contributed by atoms with Crippen LogP contribution in [0.15, 0.2) is 54.6 Å². The van der Waals surface area contributed by atoms with E-state index in [1.807, 2.05) is 44.2 Å². The van der Waals surface area contributed by atoms with Crippen LogP contribution in [-0.4, -0.2) is 16.8 Å². The second kappa shape index (κ2) is 7.35. The molecular formula is C21H21N3O2. The Morgan fingerprint density at radius 2 is 1.69 bits per heavy atom. The van der Waals surface area contributed by atoms with Crippen LogP contribution in [0.1, 0.15) is 28.4 Å². The fraction of sp³-hybridized carbons (Fsp3) is 0.190. The summed E-state index contributed by atoms with van der Waals surface area (Å²) in [6.07, 6.45) is 0.145. The van der Waals surface area contributed by atoms with Crippen molar-refractivity contribution in [3.8, 4) is 0 Å². The number of aryl methyl sites for hydroxylation is 2. The number of para-hydroxylation sites is 1. The third-order valence-corrected chi connectivity index (χ3v) is 4.55. The Morgan fingerprint density at radius 1 is 1.04 bits per heavy atom. The lowest BCUT2D eigenvalue weighted by Crippen LogP contribution is -2.38. The molecule has 0 aliphatic rings. The summed E-state index contributed by atoms with van der Waals surface area (Å²) in [6, 6.07) is 16.0. The number of aromatic nitrogens is 1. The molecule has 0 bridgehead atoms. The summed E-state index contributed by atoms with van der Waals surface area (Å²) in [5.41, 5.74) is 9.76. The molecule has 132 valence electrons. The van der Waals surface area contributed by atoms with Gasteiger partial charge in [0.05, 0.1) is 11.9 Å². The molecule has 0 aliphatic heterocycles. The first-order valence-corrected chi connectivity index (χ1v) is 8.46. The number of carbonyl (C=O) groups is 2. The van der Waals surface area contributed by atoms with E-state index in [4.69, 9.17) is 5.73 Å². The maximum Gasteiger partial charge on any atom is 0.244 e. The molecule has 1 heterocycles. The number of nitrogens with two attached hydrogens (primary N) is 1. The average molecular weight is 347 g/mol. The highest BCUT2D eigenvalue weighted by atomic mass is 16.2. The topological polar surface area (TPSA) is 85.1 Å². The monoisotopic (exact) mass is 347 g/mol. The number of benzene rings is 2. The highest BCUT2D eigenvalue weighted by Gasteiger charge is 2.21. The summed E-state index contributed by atoms with van der Waals surface area (Å²) in [7, 11) is 0. The first kappa shape index (κ1) is 17.6. The summed E-state index contributed by atoms with van der Waals surface area (Å²) >= 11 is 0. The molecule has 3 rings (SSSR count). The standard InChI is InChI=1S/C21H21N3O2/c1-13-16-10-6-7-11-18(16)23-14(2)17(13)12-19(25)24-20(21(22)26)15-8-4-3-5-9-15/h3-11,20H,12H2,1-2H3,(H2,22,26)(H,24,25).